The van der Waals surface area contributed by atoms with E-state index >= 15 is 0 Å². The van der Waals surface area contributed by atoms with Crippen LogP contribution in [0.15, 0.2) is 95.4 Å². The van der Waals surface area contributed by atoms with Gasteiger partial charge in [-0.2, -0.15) is 0 Å². The van der Waals surface area contributed by atoms with Crippen molar-refractivity contribution in [2.24, 2.45) is 0 Å². The molecule has 0 saturated heterocycles. The molecule has 0 bridgehead atoms. The SMILES string of the molecule is Clc1ccc2oc3cc(-c4nc(-c5ccccc5)c5sc6ccccc6c5n4)ccc3c2c1. The molecule has 7 rings (SSSR count). The number of halogens is 1. The van der Waals surface area contributed by atoms with Crippen molar-refractivity contribution in [3.8, 4) is 22.6 Å². The number of furan rings is 1. The smallest absolute Gasteiger partial charge is 0.160 e. The van der Waals surface area contributed by atoms with E-state index in [2.05, 4.69) is 48.5 Å². The summed E-state index contributed by atoms with van der Waals surface area (Å²) >= 11 is 7.95. The van der Waals surface area contributed by atoms with Crippen LogP contribution in [-0.2, 0) is 0 Å². The van der Waals surface area contributed by atoms with Crippen molar-refractivity contribution in [3.05, 3.63) is 96.0 Å². The van der Waals surface area contributed by atoms with E-state index in [0.29, 0.717) is 10.8 Å². The lowest BCUT2D eigenvalue weighted by Gasteiger charge is -2.07. The fourth-order valence-corrected chi connectivity index (χ4v) is 5.73. The minimum absolute atomic E-state index is 0.685. The Bertz CT molecular complexity index is 1840. The summed E-state index contributed by atoms with van der Waals surface area (Å²) in [6, 6.07) is 30.5. The second kappa shape index (κ2) is 7.14. The zero-order chi connectivity index (χ0) is 21.9. The molecule has 33 heavy (non-hydrogen) atoms. The molecule has 5 heteroatoms. The van der Waals surface area contributed by atoms with Crippen LogP contribution in [0.3, 0.4) is 0 Å². The molecule has 4 aromatic carbocycles. The minimum Gasteiger partial charge on any atom is -0.456 e. The molecule has 0 unspecified atom stereocenters. The van der Waals surface area contributed by atoms with Crippen LogP contribution >= 0.6 is 22.9 Å². The Labute approximate surface area is 197 Å². The molecular weight excluding hydrogens is 448 g/mol. The van der Waals surface area contributed by atoms with Crippen molar-refractivity contribution < 1.29 is 4.42 Å². The first-order chi connectivity index (χ1) is 16.2. The molecule has 3 heterocycles. The van der Waals surface area contributed by atoms with Crippen LogP contribution in [0, 0.1) is 0 Å². The second-order valence-electron chi connectivity index (χ2n) is 7.99. The summed E-state index contributed by atoms with van der Waals surface area (Å²) in [6.07, 6.45) is 0. The van der Waals surface area contributed by atoms with Crippen LogP contribution in [0.5, 0.6) is 0 Å². The maximum atomic E-state index is 6.21. The van der Waals surface area contributed by atoms with Gasteiger partial charge in [0, 0.05) is 37.0 Å². The van der Waals surface area contributed by atoms with E-state index in [1.54, 1.807) is 11.3 Å². The molecule has 0 amide bonds. The average Bonchev–Trinajstić information content (AvgIpc) is 3.41. The van der Waals surface area contributed by atoms with Gasteiger partial charge < -0.3 is 4.42 Å². The van der Waals surface area contributed by atoms with Crippen LogP contribution in [0.1, 0.15) is 0 Å². The van der Waals surface area contributed by atoms with E-state index in [-0.39, 0.29) is 0 Å². The van der Waals surface area contributed by atoms with Gasteiger partial charge in [-0.25, -0.2) is 9.97 Å². The molecule has 156 valence electrons. The largest absolute Gasteiger partial charge is 0.456 e. The molecule has 0 fully saturated rings. The predicted octanol–water partition coefficient (Wildman–Crippen LogP) is 8.73. The highest BCUT2D eigenvalue weighted by atomic mass is 35.5. The third-order valence-electron chi connectivity index (χ3n) is 5.96. The van der Waals surface area contributed by atoms with Crippen LogP contribution in [0.2, 0.25) is 5.02 Å². The van der Waals surface area contributed by atoms with Gasteiger partial charge in [0.2, 0.25) is 0 Å². The number of benzene rings is 4. The topological polar surface area (TPSA) is 38.9 Å². The number of hydrogen-bond donors (Lipinski definition) is 0. The summed E-state index contributed by atoms with van der Waals surface area (Å²) in [4.78, 5) is 10.1. The van der Waals surface area contributed by atoms with E-state index in [9.17, 15) is 0 Å². The van der Waals surface area contributed by atoms with Crippen LogP contribution in [0.25, 0.3) is 64.9 Å². The van der Waals surface area contributed by atoms with Gasteiger partial charge in [-0.1, -0.05) is 66.2 Å². The van der Waals surface area contributed by atoms with Crippen molar-refractivity contribution in [3.63, 3.8) is 0 Å². The summed E-state index contributed by atoms with van der Waals surface area (Å²) < 4.78 is 8.43. The van der Waals surface area contributed by atoms with E-state index in [0.717, 1.165) is 54.4 Å². The van der Waals surface area contributed by atoms with Gasteiger partial charge in [0.25, 0.3) is 0 Å². The number of rotatable bonds is 2. The van der Waals surface area contributed by atoms with Gasteiger partial charge >= 0.3 is 0 Å². The third kappa shape index (κ3) is 2.95. The third-order valence-corrected chi connectivity index (χ3v) is 7.36. The number of hydrogen-bond acceptors (Lipinski definition) is 4. The summed E-state index contributed by atoms with van der Waals surface area (Å²) in [7, 11) is 0. The van der Waals surface area contributed by atoms with Crippen molar-refractivity contribution in [2.75, 3.05) is 0 Å². The molecule has 0 aliphatic rings. The molecule has 3 aromatic heterocycles. The summed E-state index contributed by atoms with van der Waals surface area (Å²) in [6.45, 7) is 0. The Morgan fingerprint density at radius 1 is 0.667 bits per heavy atom. The van der Waals surface area contributed by atoms with Crippen molar-refractivity contribution in [2.45, 2.75) is 0 Å². The van der Waals surface area contributed by atoms with Crippen molar-refractivity contribution in [1.82, 2.24) is 9.97 Å². The standard InChI is InChI=1S/C28H15ClN2OS/c29-18-11-13-22-21(15-18)19-12-10-17(14-23(19)32-22)28-30-25(16-6-2-1-3-7-16)27-26(31-28)20-8-4-5-9-24(20)33-27/h1-15H. The minimum atomic E-state index is 0.685. The monoisotopic (exact) mass is 462 g/mol. The lowest BCUT2D eigenvalue weighted by molar-refractivity contribution is 0.669. The van der Waals surface area contributed by atoms with Crippen molar-refractivity contribution >= 4 is 65.2 Å². The molecule has 0 saturated carbocycles. The van der Waals surface area contributed by atoms with Gasteiger partial charge in [-0.05, 0) is 36.4 Å². The van der Waals surface area contributed by atoms with Gasteiger partial charge in [0.05, 0.1) is 15.9 Å². The highest BCUT2D eigenvalue weighted by molar-refractivity contribution is 7.26. The average molecular weight is 463 g/mol. The lowest BCUT2D eigenvalue weighted by Crippen LogP contribution is -1.93. The van der Waals surface area contributed by atoms with Crippen LogP contribution in [-0.4, -0.2) is 9.97 Å². The first kappa shape index (κ1) is 18.8. The lowest BCUT2D eigenvalue weighted by atomic mass is 10.1. The first-order valence-electron chi connectivity index (χ1n) is 10.6. The molecule has 0 radical (unpaired) electrons. The summed E-state index contributed by atoms with van der Waals surface area (Å²) in [5.74, 6) is 0.685. The summed E-state index contributed by atoms with van der Waals surface area (Å²) in [5.41, 5.74) is 5.55. The Morgan fingerprint density at radius 2 is 1.52 bits per heavy atom. The van der Waals surface area contributed by atoms with Crippen LogP contribution in [0.4, 0.5) is 0 Å². The zero-order valence-electron chi connectivity index (χ0n) is 17.2. The Hall–Kier alpha value is -3.73. The van der Waals surface area contributed by atoms with Crippen LogP contribution < -0.4 is 0 Å². The molecule has 0 spiro atoms. The van der Waals surface area contributed by atoms with E-state index in [1.807, 2.05) is 42.5 Å². The normalized spacial score (nSPS) is 11.8. The highest BCUT2D eigenvalue weighted by Crippen LogP contribution is 2.40. The maximum Gasteiger partial charge on any atom is 0.160 e. The fraction of sp³-hybridized carbons (Fsp3) is 0. The molecule has 3 nitrogen and oxygen atoms in total. The first-order valence-corrected chi connectivity index (χ1v) is 11.8. The van der Waals surface area contributed by atoms with E-state index < -0.39 is 0 Å². The molecule has 0 atom stereocenters. The molecule has 0 N–H and O–H groups in total. The van der Waals surface area contributed by atoms with Gasteiger partial charge in [-0.3, -0.25) is 0 Å². The number of aromatic nitrogens is 2. The van der Waals surface area contributed by atoms with E-state index in [1.165, 1.54) is 4.70 Å². The quantitative estimate of drug-likeness (QED) is 0.258. The highest BCUT2D eigenvalue weighted by Gasteiger charge is 2.17. The fourth-order valence-electron chi connectivity index (χ4n) is 4.40. The number of thiophene rings is 1. The Kier molecular flexibility index (Phi) is 4.07. The van der Waals surface area contributed by atoms with Gasteiger partial charge in [0.1, 0.15) is 11.2 Å². The second-order valence-corrected chi connectivity index (χ2v) is 9.48. The Balaban J connectivity index is 1.52. The summed E-state index contributed by atoms with van der Waals surface area (Å²) in [5, 5.41) is 3.88. The van der Waals surface area contributed by atoms with Gasteiger partial charge in [0.15, 0.2) is 5.82 Å². The maximum absolute atomic E-state index is 6.21. The van der Waals surface area contributed by atoms with Crippen molar-refractivity contribution in [1.29, 1.82) is 0 Å². The van der Waals surface area contributed by atoms with E-state index in [4.69, 9.17) is 26.0 Å². The predicted molar refractivity (Wildman–Crippen MR) is 138 cm³/mol. The number of fused-ring (bicyclic) bond motifs is 6. The molecule has 7 aromatic rings. The van der Waals surface area contributed by atoms with Gasteiger partial charge in [-0.15, -0.1) is 11.3 Å². The Morgan fingerprint density at radius 3 is 2.42 bits per heavy atom. The molecule has 0 aliphatic heterocycles. The number of nitrogens with zero attached hydrogens (tertiary/aromatic N) is 2. The molecular formula is C28H15ClN2OS. The zero-order valence-corrected chi connectivity index (χ0v) is 18.8. The molecule has 0 aliphatic carbocycles.